The number of carboxylic acid groups (broad SMARTS) is 1. The fourth-order valence-corrected chi connectivity index (χ4v) is 2.38. The molecule has 1 heterocycles. The Morgan fingerprint density at radius 1 is 1.50 bits per heavy atom. The number of aromatic nitrogens is 1. The number of allylic oxidation sites excluding steroid dienone is 2. The van der Waals surface area contributed by atoms with E-state index in [-0.39, 0.29) is 5.69 Å². The zero-order valence-corrected chi connectivity index (χ0v) is 8.51. The lowest BCUT2D eigenvalue weighted by atomic mass is 9.98. The van der Waals surface area contributed by atoms with Crippen LogP contribution in [-0.4, -0.2) is 15.4 Å². The van der Waals surface area contributed by atoms with Crippen molar-refractivity contribution >= 4 is 23.1 Å². The molecule has 0 amide bonds. The first kappa shape index (κ1) is 9.40. The van der Waals surface area contributed by atoms with E-state index in [0.29, 0.717) is 0 Å². The van der Waals surface area contributed by atoms with E-state index in [1.807, 2.05) is 0 Å². The molecule has 0 spiro atoms. The fourth-order valence-electron chi connectivity index (χ4n) is 1.59. The topological polar surface area (TPSA) is 50.2 Å². The van der Waals surface area contributed by atoms with Crippen molar-refractivity contribution in [1.82, 2.24) is 4.37 Å². The molecule has 0 fully saturated rings. The van der Waals surface area contributed by atoms with Crippen LogP contribution in [0.15, 0.2) is 12.1 Å². The SMILES string of the molecule is O=C(O)c1cc(C2=CCCCC2)sn1. The van der Waals surface area contributed by atoms with Gasteiger partial charge in [-0.25, -0.2) is 4.79 Å². The van der Waals surface area contributed by atoms with Crippen molar-refractivity contribution in [3.05, 3.63) is 22.7 Å². The van der Waals surface area contributed by atoms with Gasteiger partial charge in [0.1, 0.15) is 0 Å². The highest BCUT2D eigenvalue weighted by molar-refractivity contribution is 7.07. The van der Waals surface area contributed by atoms with Crippen molar-refractivity contribution in [2.24, 2.45) is 0 Å². The van der Waals surface area contributed by atoms with E-state index in [0.717, 1.165) is 17.7 Å². The van der Waals surface area contributed by atoms with E-state index in [9.17, 15) is 4.79 Å². The molecule has 4 heteroatoms. The number of aromatic carboxylic acids is 1. The summed E-state index contributed by atoms with van der Waals surface area (Å²) in [5, 5.41) is 8.72. The lowest BCUT2D eigenvalue weighted by Crippen LogP contribution is -1.95. The van der Waals surface area contributed by atoms with Crippen molar-refractivity contribution in [3.8, 4) is 0 Å². The van der Waals surface area contributed by atoms with Gasteiger partial charge in [0.15, 0.2) is 5.69 Å². The van der Waals surface area contributed by atoms with Crippen LogP contribution in [0.4, 0.5) is 0 Å². The molecule has 0 bridgehead atoms. The van der Waals surface area contributed by atoms with Gasteiger partial charge in [0.25, 0.3) is 0 Å². The Morgan fingerprint density at radius 2 is 2.36 bits per heavy atom. The number of hydrogen-bond donors (Lipinski definition) is 1. The maximum Gasteiger partial charge on any atom is 0.355 e. The largest absolute Gasteiger partial charge is 0.476 e. The van der Waals surface area contributed by atoms with E-state index >= 15 is 0 Å². The second-order valence-corrected chi connectivity index (χ2v) is 4.16. The van der Waals surface area contributed by atoms with Gasteiger partial charge in [-0.15, -0.1) is 0 Å². The molecule has 0 atom stereocenters. The first-order chi connectivity index (χ1) is 6.77. The van der Waals surface area contributed by atoms with Gasteiger partial charge in [0.05, 0.1) is 4.88 Å². The lowest BCUT2D eigenvalue weighted by molar-refractivity contribution is 0.0692. The summed E-state index contributed by atoms with van der Waals surface area (Å²) in [7, 11) is 0. The number of nitrogens with zero attached hydrogens (tertiary/aromatic N) is 1. The summed E-state index contributed by atoms with van der Waals surface area (Å²) in [5.41, 5.74) is 1.43. The lowest BCUT2D eigenvalue weighted by Gasteiger charge is -2.09. The molecule has 74 valence electrons. The smallest absolute Gasteiger partial charge is 0.355 e. The first-order valence-electron chi connectivity index (χ1n) is 4.67. The summed E-state index contributed by atoms with van der Waals surface area (Å²) in [6.45, 7) is 0. The minimum absolute atomic E-state index is 0.163. The zero-order valence-electron chi connectivity index (χ0n) is 7.69. The molecule has 0 saturated carbocycles. The highest BCUT2D eigenvalue weighted by atomic mass is 32.1. The predicted molar refractivity (Wildman–Crippen MR) is 55.5 cm³/mol. The van der Waals surface area contributed by atoms with Crippen LogP contribution in [0.2, 0.25) is 0 Å². The van der Waals surface area contributed by atoms with Crippen molar-refractivity contribution in [3.63, 3.8) is 0 Å². The average Bonchev–Trinajstić information content (AvgIpc) is 2.68. The van der Waals surface area contributed by atoms with Crippen LogP contribution in [0.3, 0.4) is 0 Å². The highest BCUT2D eigenvalue weighted by Crippen LogP contribution is 2.29. The maximum atomic E-state index is 10.6. The van der Waals surface area contributed by atoms with E-state index in [4.69, 9.17) is 5.11 Å². The van der Waals surface area contributed by atoms with Crippen molar-refractivity contribution < 1.29 is 9.90 Å². The number of carbonyl (C=O) groups is 1. The summed E-state index contributed by atoms with van der Waals surface area (Å²) >= 11 is 1.29. The molecule has 0 radical (unpaired) electrons. The minimum atomic E-state index is -0.941. The normalized spacial score (nSPS) is 16.4. The van der Waals surface area contributed by atoms with Crippen LogP contribution in [0.1, 0.15) is 41.0 Å². The van der Waals surface area contributed by atoms with Gasteiger partial charge in [-0.05, 0) is 48.9 Å². The van der Waals surface area contributed by atoms with Gasteiger partial charge in [-0.2, -0.15) is 4.37 Å². The van der Waals surface area contributed by atoms with Crippen molar-refractivity contribution in [2.45, 2.75) is 25.7 Å². The Hall–Kier alpha value is -1.16. The fraction of sp³-hybridized carbons (Fsp3) is 0.400. The third-order valence-electron chi connectivity index (χ3n) is 2.34. The summed E-state index contributed by atoms with van der Waals surface area (Å²) < 4.78 is 3.89. The van der Waals surface area contributed by atoms with Crippen LogP contribution in [0, 0.1) is 0 Å². The minimum Gasteiger partial charge on any atom is -0.476 e. The van der Waals surface area contributed by atoms with E-state index < -0.39 is 5.97 Å². The van der Waals surface area contributed by atoms with Gasteiger partial charge >= 0.3 is 5.97 Å². The summed E-state index contributed by atoms with van der Waals surface area (Å²) in [5.74, 6) is -0.941. The van der Waals surface area contributed by atoms with E-state index in [1.165, 1.54) is 29.9 Å². The predicted octanol–water partition coefficient (Wildman–Crippen LogP) is 2.80. The van der Waals surface area contributed by atoms with Crippen LogP contribution in [0.5, 0.6) is 0 Å². The van der Waals surface area contributed by atoms with Crippen molar-refractivity contribution in [2.75, 3.05) is 0 Å². The molecule has 0 saturated heterocycles. The Labute approximate surface area is 86.2 Å². The molecule has 2 rings (SSSR count). The number of carboxylic acids is 1. The monoisotopic (exact) mass is 209 g/mol. The number of rotatable bonds is 2. The third kappa shape index (κ3) is 1.85. The molecule has 1 aromatic heterocycles. The van der Waals surface area contributed by atoms with Crippen LogP contribution < -0.4 is 0 Å². The molecule has 1 aromatic rings. The van der Waals surface area contributed by atoms with Crippen LogP contribution >= 0.6 is 11.5 Å². The zero-order chi connectivity index (χ0) is 9.97. The van der Waals surface area contributed by atoms with E-state index in [1.54, 1.807) is 6.07 Å². The molecule has 1 aliphatic carbocycles. The molecule has 0 aliphatic heterocycles. The van der Waals surface area contributed by atoms with Crippen molar-refractivity contribution in [1.29, 1.82) is 0 Å². The number of hydrogen-bond acceptors (Lipinski definition) is 3. The Bertz CT molecular complexity index is 381. The molecule has 1 aliphatic rings. The Balaban J connectivity index is 2.23. The van der Waals surface area contributed by atoms with Gasteiger partial charge < -0.3 is 5.11 Å². The molecule has 3 nitrogen and oxygen atoms in total. The third-order valence-corrected chi connectivity index (χ3v) is 3.20. The molecule has 14 heavy (non-hydrogen) atoms. The molecule has 0 aromatic carbocycles. The summed E-state index contributed by atoms with van der Waals surface area (Å²) in [6, 6.07) is 1.67. The van der Waals surface area contributed by atoms with Gasteiger partial charge in [-0.3, -0.25) is 0 Å². The van der Waals surface area contributed by atoms with Gasteiger partial charge in [0.2, 0.25) is 0 Å². The van der Waals surface area contributed by atoms with Crippen LogP contribution in [-0.2, 0) is 0 Å². The van der Waals surface area contributed by atoms with Gasteiger partial charge in [-0.1, -0.05) is 6.08 Å². The molecule has 0 unspecified atom stereocenters. The van der Waals surface area contributed by atoms with E-state index in [2.05, 4.69) is 10.4 Å². The first-order valence-corrected chi connectivity index (χ1v) is 5.44. The standard InChI is InChI=1S/C10H11NO2S/c12-10(13)8-6-9(14-11-8)7-4-2-1-3-5-7/h4,6H,1-3,5H2,(H,12,13). The van der Waals surface area contributed by atoms with Gasteiger partial charge in [0, 0.05) is 0 Å². The second kappa shape index (κ2) is 3.92. The molecular formula is C10H11NO2S. The Morgan fingerprint density at radius 3 is 2.93 bits per heavy atom. The highest BCUT2D eigenvalue weighted by Gasteiger charge is 2.12. The summed E-state index contributed by atoms with van der Waals surface area (Å²) in [4.78, 5) is 11.6. The summed E-state index contributed by atoms with van der Waals surface area (Å²) in [6.07, 6.45) is 6.81. The maximum absolute atomic E-state index is 10.6. The van der Waals surface area contributed by atoms with Crippen LogP contribution in [0.25, 0.3) is 5.57 Å². The quantitative estimate of drug-likeness (QED) is 0.814. The second-order valence-electron chi connectivity index (χ2n) is 3.36. The Kier molecular flexibility index (Phi) is 2.63. The molecule has 1 N–H and O–H groups in total. The molecular weight excluding hydrogens is 198 g/mol. The average molecular weight is 209 g/mol.